The summed E-state index contributed by atoms with van der Waals surface area (Å²) in [6.07, 6.45) is 26.3. The molecule has 446 valence electrons. The molecule has 0 fully saturated rings. The summed E-state index contributed by atoms with van der Waals surface area (Å²) in [6, 6.07) is 23.9. The van der Waals surface area contributed by atoms with E-state index < -0.39 is 0 Å². The van der Waals surface area contributed by atoms with Crippen molar-refractivity contribution in [2.75, 3.05) is 0 Å². The molecule has 10 heteroatoms. The SMILES string of the molecule is C#Cc1ncccc1C(C)(C)C.C=Cc1cc(C(C)(C)C)ccn1.C=Cc1cc(C(C)(C)C)ncn1.C=Cc1cccc(C(C)(C)C)n1.C=Cc1ccnc(C(C)(C)C)n1.C=Cc1nccc(C(C)(C)C)n1.C=Cc1ncccc1C(C)(C)C. The van der Waals surface area contributed by atoms with Crippen molar-refractivity contribution in [3.05, 3.63) is 229 Å². The van der Waals surface area contributed by atoms with E-state index in [1.54, 1.807) is 67.6 Å². The lowest BCUT2D eigenvalue weighted by molar-refractivity contribution is 0.544. The van der Waals surface area contributed by atoms with Gasteiger partial charge in [0.05, 0.1) is 28.5 Å². The summed E-state index contributed by atoms with van der Waals surface area (Å²) in [6.45, 7) is 67.1. The molecule has 0 aliphatic rings. The molecule has 0 aromatic carbocycles. The summed E-state index contributed by atoms with van der Waals surface area (Å²) >= 11 is 0. The predicted molar refractivity (Wildman–Crippen MR) is 362 cm³/mol. The Kier molecular flexibility index (Phi) is 29.2. The van der Waals surface area contributed by atoms with E-state index >= 15 is 0 Å². The van der Waals surface area contributed by atoms with Crippen LogP contribution in [-0.2, 0) is 37.9 Å². The van der Waals surface area contributed by atoms with Crippen molar-refractivity contribution in [2.45, 2.75) is 183 Å². The summed E-state index contributed by atoms with van der Waals surface area (Å²) < 4.78 is 0. The van der Waals surface area contributed by atoms with Crippen LogP contribution in [-0.4, -0.2) is 49.8 Å². The quantitative estimate of drug-likeness (QED) is 0.148. The number of pyridine rings is 4. The van der Waals surface area contributed by atoms with Gasteiger partial charge in [0.15, 0.2) is 5.82 Å². The van der Waals surface area contributed by atoms with Crippen molar-refractivity contribution < 1.29 is 0 Å². The third kappa shape index (κ3) is 27.3. The van der Waals surface area contributed by atoms with Crippen LogP contribution >= 0.6 is 0 Å². The lowest BCUT2D eigenvalue weighted by Gasteiger charge is -2.20. The molecule has 7 aromatic heterocycles. The van der Waals surface area contributed by atoms with Crippen molar-refractivity contribution in [2.24, 2.45) is 0 Å². The fraction of sp³-hybridized carbons (Fsp3) is 0.378. The summed E-state index contributed by atoms with van der Waals surface area (Å²) in [5.41, 5.74) is 13.0. The fourth-order valence-electron chi connectivity index (χ4n) is 6.98. The number of hydrogen-bond acceptors (Lipinski definition) is 10. The molecule has 7 aromatic rings. The molecule has 0 radical (unpaired) electrons. The average molecular weight is 1130 g/mol. The monoisotopic (exact) mass is 1130 g/mol. The Morgan fingerprint density at radius 2 is 0.857 bits per heavy atom. The number of aromatic nitrogens is 10. The normalized spacial score (nSPS) is 11.2. The largest absolute Gasteiger partial charge is 0.257 e. The lowest BCUT2D eigenvalue weighted by atomic mass is 9.86. The highest BCUT2D eigenvalue weighted by molar-refractivity contribution is 5.49. The molecule has 0 aliphatic carbocycles. The van der Waals surface area contributed by atoms with Crippen LogP contribution in [0, 0.1) is 12.3 Å². The first kappa shape index (κ1) is 73.9. The molecule has 0 saturated carbocycles. The predicted octanol–water partition coefficient (Wildman–Crippen LogP) is 18.7. The zero-order valence-electron chi connectivity index (χ0n) is 55.1. The van der Waals surface area contributed by atoms with E-state index in [0.29, 0.717) is 5.82 Å². The maximum absolute atomic E-state index is 5.33. The highest BCUT2D eigenvalue weighted by Crippen LogP contribution is 2.27. The maximum Gasteiger partial charge on any atom is 0.151 e. The molecular formula is C74H100N10. The van der Waals surface area contributed by atoms with E-state index in [0.717, 1.165) is 62.6 Å². The molecule has 0 spiro atoms. The van der Waals surface area contributed by atoms with Gasteiger partial charge >= 0.3 is 0 Å². The Labute approximate surface area is 508 Å². The molecule has 7 heterocycles. The molecule has 0 atom stereocenters. The van der Waals surface area contributed by atoms with Crippen LogP contribution < -0.4 is 0 Å². The van der Waals surface area contributed by atoms with Crippen LogP contribution in [0.15, 0.2) is 150 Å². The van der Waals surface area contributed by atoms with Crippen LogP contribution in [0.2, 0.25) is 0 Å². The Morgan fingerprint density at radius 3 is 1.32 bits per heavy atom. The van der Waals surface area contributed by atoms with Gasteiger partial charge in [0.2, 0.25) is 0 Å². The summed E-state index contributed by atoms with van der Waals surface area (Å²) in [5, 5.41) is 0. The van der Waals surface area contributed by atoms with Gasteiger partial charge < -0.3 is 0 Å². The number of nitrogens with zero attached hydrogens (tertiary/aromatic N) is 10. The minimum Gasteiger partial charge on any atom is -0.257 e. The highest BCUT2D eigenvalue weighted by Gasteiger charge is 2.20. The number of terminal acetylenes is 1. The second kappa shape index (κ2) is 33.2. The van der Waals surface area contributed by atoms with E-state index in [1.807, 2.05) is 66.9 Å². The molecule has 0 aliphatic heterocycles. The molecule has 0 bridgehead atoms. The van der Waals surface area contributed by atoms with E-state index in [9.17, 15) is 0 Å². The Balaban J connectivity index is 0.000000490. The smallest absolute Gasteiger partial charge is 0.151 e. The third-order valence-electron chi connectivity index (χ3n) is 12.0. The Hall–Kier alpha value is -8.16. The molecule has 0 amide bonds. The van der Waals surface area contributed by atoms with E-state index in [-0.39, 0.29) is 37.9 Å². The molecule has 0 unspecified atom stereocenters. The minimum atomic E-state index is 0.0129. The van der Waals surface area contributed by atoms with Gasteiger partial charge in [-0.25, -0.2) is 34.9 Å². The van der Waals surface area contributed by atoms with Gasteiger partial charge in [0.25, 0.3) is 0 Å². The summed E-state index contributed by atoms with van der Waals surface area (Å²) in [4.78, 5) is 42.1. The lowest BCUT2D eigenvalue weighted by Crippen LogP contribution is -2.15. The van der Waals surface area contributed by atoms with E-state index in [4.69, 9.17) is 6.42 Å². The first-order valence-electron chi connectivity index (χ1n) is 28.4. The third-order valence-corrected chi connectivity index (χ3v) is 12.0. The molecule has 84 heavy (non-hydrogen) atoms. The first-order valence-corrected chi connectivity index (χ1v) is 28.4. The molecule has 0 N–H and O–H groups in total. The minimum absolute atomic E-state index is 0.0129. The van der Waals surface area contributed by atoms with Gasteiger partial charge in [-0.1, -0.05) is 203 Å². The Bertz CT molecular complexity index is 2880. The van der Waals surface area contributed by atoms with Crippen LogP contribution in [0.25, 0.3) is 36.5 Å². The van der Waals surface area contributed by atoms with Crippen molar-refractivity contribution in [3.8, 4) is 12.3 Å². The van der Waals surface area contributed by atoms with Gasteiger partial charge in [-0.15, -0.1) is 6.42 Å². The second-order valence-corrected chi connectivity index (χ2v) is 26.8. The van der Waals surface area contributed by atoms with Crippen LogP contribution in [0.5, 0.6) is 0 Å². The standard InChI is InChI=1S/2C11H15N.C11H13N.C11H15N.3C10H14N2/c1-5-10-8-9(6-7-12-10)11(2,3)4;2*1-5-10-9(11(2,3)4)7-6-8-12-10;1-5-9-7-6-8-10(12-9)11(2,3)4;1-5-8-6-9(10(2,3)4)12-7-11-8;1-5-9-11-7-6-8(12-9)10(2,3)4;1-5-8-6-7-11-9(12-8)10(2,3)4/h2*5-8H,1H2,2-4H3;1,6-8H,2-4H3;5-8H,1H2,2-4H3;3*5-7H,1H2,2-4H3. The molecule has 0 saturated heterocycles. The van der Waals surface area contributed by atoms with Gasteiger partial charge in [-0.05, 0) is 130 Å². The van der Waals surface area contributed by atoms with Crippen molar-refractivity contribution in [1.82, 2.24) is 49.8 Å². The van der Waals surface area contributed by atoms with Gasteiger partial charge in [0, 0.05) is 69.7 Å². The van der Waals surface area contributed by atoms with Crippen molar-refractivity contribution in [1.29, 1.82) is 0 Å². The zero-order valence-corrected chi connectivity index (χ0v) is 55.1. The average Bonchev–Trinajstić information content (AvgIpc) is 3.57. The highest BCUT2D eigenvalue weighted by atomic mass is 14.9. The van der Waals surface area contributed by atoms with E-state index in [1.165, 1.54) is 11.1 Å². The van der Waals surface area contributed by atoms with E-state index in [2.05, 4.69) is 253 Å². The summed E-state index contributed by atoms with van der Waals surface area (Å²) in [5.74, 6) is 4.15. The number of rotatable bonds is 6. The summed E-state index contributed by atoms with van der Waals surface area (Å²) in [7, 11) is 0. The van der Waals surface area contributed by atoms with Crippen LogP contribution in [0.1, 0.15) is 225 Å². The van der Waals surface area contributed by atoms with Gasteiger partial charge in [-0.3, -0.25) is 15.0 Å². The van der Waals surface area contributed by atoms with Gasteiger partial charge in [0.1, 0.15) is 17.8 Å². The first-order chi connectivity index (χ1) is 38.8. The maximum atomic E-state index is 5.33. The van der Waals surface area contributed by atoms with Crippen LogP contribution in [0.4, 0.5) is 0 Å². The molecule has 10 nitrogen and oxygen atoms in total. The molecular weight excluding hydrogens is 1030 g/mol. The van der Waals surface area contributed by atoms with Gasteiger partial charge in [-0.2, -0.15) is 0 Å². The van der Waals surface area contributed by atoms with Crippen LogP contribution in [0.3, 0.4) is 0 Å². The Morgan fingerprint density at radius 1 is 0.357 bits per heavy atom. The number of hydrogen-bond donors (Lipinski definition) is 0. The van der Waals surface area contributed by atoms with Crippen molar-refractivity contribution in [3.63, 3.8) is 0 Å². The van der Waals surface area contributed by atoms with Crippen molar-refractivity contribution >= 4 is 36.5 Å². The fourth-order valence-corrected chi connectivity index (χ4v) is 6.98. The topological polar surface area (TPSA) is 129 Å². The molecule has 7 rings (SSSR count). The second-order valence-electron chi connectivity index (χ2n) is 26.8. The zero-order chi connectivity index (χ0) is 64.3.